The molecule has 1 heterocycles. The van der Waals surface area contributed by atoms with Gasteiger partial charge in [0.1, 0.15) is 5.75 Å². The number of aliphatic hydroxyl groups excluding tert-OH is 1. The molecule has 104 valence electrons. The second-order valence-corrected chi connectivity index (χ2v) is 5.83. The number of rotatable bonds is 5. The maximum absolute atomic E-state index is 8.99. The Balaban J connectivity index is 2.37. The summed E-state index contributed by atoms with van der Waals surface area (Å²) in [7, 11) is 0. The summed E-state index contributed by atoms with van der Waals surface area (Å²) in [5, 5.41) is 14.6. The first-order chi connectivity index (χ1) is 9.01. The molecule has 0 saturated carbocycles. The van der Waals surface area contributed by atoms with Gasteiger partial charge >= 0.3 is 0 Å². The third-order valence-electron chi connectivity index (χ3n) is 2.94. The molecule has 0 aliphatic carbocycles. The van der Waals surface area contributed by atoms with E-state index >= 15 is 0 Å². The van der Waals surface area contributed by atoms with E-state index in [-0.39, 0.29) is 18.8 Å². The van der Waals surface area contributed by atoms with Crippen LogP contribution in [-0.4, -0.2) is 27.6 Å². The Bertz CT molecular complexity index is 566. The molecule has 1 atom stereocenters. The van der Waals surface area contributed by atoms with Gasteiger partial charge in [-0.2, -0.15) is 5.10 Å². The van der Waals surface area contributed by atoms with Crippen molar-refractivity contribution in [2.24, 2.45) is 0 Å². The minimum atomic E-state index is 0.129. The molecule has 1 N–H and O–H groups in total. The van der Waals surface area contributed by atoms with Crippen LogP contribution in [0.1, 0.15) is 33.2 Å². The second-order valence-electron chi connectivity index (χ2n) is 4.98. The molecule has 0 aliphatic heterocycles. The van der Waals surface area contributed by atoms with Gasteiger partial charge in [-0.1, -0.05) is 0 Å². The number of hydrogen-bond acceptors (Lipinski definition) is 3. The van der Waals surface area contributed by atoms with Crippen molar-refractivity contribution in [3.05, 3.63) is 22.8 Å². The summed E-state index contributed by atoms with van der Waals surface area (Å²) < 4.78 is 8.56. The Morgan fingerprint density at radius 1 is 1.37 bits per heavy atom. The van der Waals surface area contributed by atoms with Gasteiger partial charge in [0.25, 0.3) is 0 Å². The van der Waals surface area contributed by atoms with Gasteiger partial charge in [0, 0.05) is 24.3 Å². The summed E-state index contributed by atoms with van der Waals surface area (Å²) in [4.78, 5) is 0. The van der Waals surface area contributed by atoms with Gasteiger partial charge in [0.2, 0.25) is 0 Å². The first-order valence-electron chi connectivity index (χ1n) is 6.47. The lowest BCUT2D eigenvalue weighted by Gasteiger charge is -2.11. The third-order valence-corrected chi connectivity index (χ3v) is 3.56. The van der Waals surface area contributed by atoms with E-state index in [0.717, 1.165) is 21.1 Å². The number of halogens is 1. The highest BCUT2D eigenvalue weighted by atomic mass is 79.9. The van der Waals surface area contributed by atoms with Crippen LogP contribution in [0.15, 0.2) is 22.8 Å². The fourth-order valence-electron chi connectivity index (χ4n) is 1.93. The number of aromatic nitrogens is 2. The molecule has 0 aliphatic rings. The fraction of sp³-hybridized carbons (Fsp3) is 0.500. The van der Waals surface area contributed by atoms with Crippen LogP contribution < -0.4 is 4.74 Å². The third kappa shape index (κ3) is 3.28. The highest BCUT2D eigenvalue weighted by Crippen LogP contribution is 2.31. The van der Waals surface area contributed by atoms with Crippen molar-refractivity contribution in [1.82, 2.24) is 9.78 Å². The van der Waals surface area contributed by atoms with Crippen LogP contribution in [0.5, 0.6) is 5.75 Å². The molecule has 0 bridgehead atoms. The Morgan fingerprint density at radius 2 is 2.11 bits per heavy atom. The zero-order chi connectivity index (χ0) is 14.0. The van der Waals surface area contributed by atoms with E-state index in [4.69, 9.17) is 9.84 Å². The highest BCUT2D eigenvalue weighted by Gasteiger charge is 2.11. The number of ether oxygens (including phenoxy) is 1. The number of nitrogens with zero attached hydrogens (tertiary/aromatic N) is 2. The molecule has 4 nitrogen and oxygen atoms in total. The van der Waals surface area contributed by atoms with Crippen LogP contribution in [-0.2, 0) is 0 Å². The van der Waals surface area contributed by atoms with Gasteiger partial charge in [0.15, 0.2) is 0 Å². The molecule has 0 radical (unpaired) electrons. The van der Waals surface area contributed by atoms with Crippen LogP contribution in [0, 0.1) is 0 Å². The molecule has 5 heteroatoms. The Labute approximate surface area is 121 Å². The first kappa shape index (κ1) is 14.3. The Morgan fingerprint density at radius 3 is 2.74 bits per heavy atom. The van der Waals surface area contributed by atoms with Crippen molar-refractivity contribution in [3.8, 4) is 5.75 Å². The highest BCUT2D eigenvalue weighted by molar-refractivity contribution is 9.10. The summed E-state index contributed by atoms with van der Waals surface area (Å²) >= 11 is 3.52. The number of benzene rings is 1. The lowest BCUT2D eigenvalue weighted by molar-refractivity contribution is 0.241. The minimum absolute atomic E-state index is 0.129. The maximum Gasteiger partial charge on any atom is 0.136 e. The topological polar surface area (TPSA) is 47.3 Å². The maximum atomic E-state index is 8.99. The fourth-order valence-corrected chi connectivity index (χ4v) is 2.39. The zero-order valence-electron chi connectivity index (χ0n) is 11.4. The van der Waals surface area contributed by atoms with Crippen LogP contribution in [0.3, 0.4) is 0 Å². The van der Waals surface area contributed by atoms with Crippen LogP contribution in [0.25, 0.3) is 10.9 Å². The summed E-state index contributed by atoms with van der Waals surface area (Å²) in [5.41, 5.74) is 0.906. The predicted octanol–water partition coefficient (Wildman–Crippen LogP) is 3.53. The van der Waals surface area contributed by atoms with E-state index in [2.05, 4.69) is 21.0 Å². The van der Waals surface area contributed by atoms with E-state index < -0.39 is 0 Å². The normalized spacial score (nSPS) is 13.2. The van der Waals surface area contributed by atoms with Crippen molar-refractivity contribution in [2.75, 3.05) is 6.61 Å². The Kier molecular flexibility index (Phi) is 4.47. The van der Waals surface area contributed by atoms with Crippen molar-refractivity contribution in [2.45, 2.75) is 39.3 Å². The molecule has 2 aromatic rings. The van der Waals surface area contributed by atoms with Gasteiger partial charge in [-0.15, -0.1) is 0 Å². The van der Waals surface area contributed by atoms with E-state index in [1.165, 1.54) is 0 Å². The molecule has 19 heavy (non-hydrogen) atoms. The molecule has 1 unspecified atom stereocenters. The van der Waals surface area contributed by atoms with Crippen molar-refractivity contribution >= 4 is 26.8 Å². The number of hydrogen-bond donors (Lipinski definition) is 1. The largest absolute Gasteiger partial charge is 0.490 e. The summed E-state index contributed by atoms with van der Waals surface area (Å²) in [5.74, 6) is 0.808. The summed E-state index contributed by atoms with van der Waals surface area (Å²) in [6, 6.07) is 4.15. The van der Waals surface area contributed by atoms with Gasteiger partial charge in [0.05, 0.1) is 22.1 Å². The van der Waals surface area contributed by atoms with E-state index in [0.29, 0.717) is 6.42 Å². The molecule has 2 rings (SSSR count). The van der Waals surface area contributed by atoms with Crippen LogP contribution in [0.2, 0.25) is 0 Å². The van der Waals surface area contributed by atoms with E-state index in [1.807, 2.05) is 43.8 Å². The minimum Gasteiger partial charge on any atom is -0.490 e. The smallest absolute Gasteiger partial charge is 0.136 e. The Hall–Kier alpha value is -1.07. The van der Waals surface area contributed by atoms with E-state index in [1.54, 1.807) is 0 Å². The zero-order valence-corrected chi connectivity index (χ0v) is 13.0. The SMILES string of the molecule is CC(C)Oc1cc2nn(C(C)CCO)cc2cc1Br. The van der Waals surface area contributed by atoms with Gasteiger partial charge in [-0.25, -0.2) is 0 Å². The lowest BCUT2D eigenvalue weighted by atomic mass is 10.2. The predicted molar refractivity (Wildman–Crippen MR) is 79.6 cm³/mol. The summed E-state index contributed by atoms with van der Waals surface area (Å²) in [6.07, 6.45) is 2.83. The molecular formula is C14H19BrN2O2. The first-order valence-corrected chi connectivity index (χ1v) is 7.26. The van der Waals surface area contributed by atoms with Crippen molar-refractivity contribution in [1.29, 1.82) is 0 Å². The lowest BCUT2D eigenvalue weighted by Crippen LogP contribution is -2.07. The van der Waals surface area contributed by atoms with E-state index in [9.17, 15) is 0 Å². The monoisotopic (exact) mass is 326 g/mol. The molecule has 0 fully saturated rings. The van der Waals surface area contributed by atoms with Crippen molar-refractivity contribution < 1.29 is 9.84 Å². The van der Waals surface area contributed by atoms with Crippen LogP contribution >= 0.6 is 15.9 Å². The van der Waals surface area contributed by atoms with Gasteiger partial charge in [-0.3, -0.25) is 4.68 Å². The second kappa shape index (κ2) is 5.92. The van der Waals surface area contributed by atoms with Crippen molar-refractivity contribution in [3.63, 3.8) is 0 Å². The molecule has 0 spiro atoms. The molecule has 1 aromatic carbocycles. The molecule has 1 aromatic heterocycles. The summed E-state index contributed by atoms with van der Waals surface area (Å²) in [6.45, 7) is 6.21. The number of fused-ring (bicyclic) bond motifs is 1. The molecule has 0 amide bonds. The van der Waals surface area contributed by atoms with Gasteiger partial charge < -0.3 is 9.84 Å². The quantitative estimate of drug-likeness (QED) is 0.914. The average Bonchev–Trinajstić information content (AvgIpc) is 2.72. The van der Waals surface area contributed by atoms with Gasteiger partial charge in [-0.05, 0) is 49.2 Å². The average molecular weight is 327 g/mol. The van der Waals surface area contributed by atoms with Crippen LogP contribution in [0.4, 0.5) is 0 Å². The standard InChI is InChI=1S/C14H19BrN2O2/c1-9(2)19-14-7-13-11(6-12(14)15)8-17(16-13)10(3)4-5-18/h6-10,18H,4-5H2,1-3H3. The molecular weight excluding hydrogens is 308 g/mol. The molecule has 0 saturated heterocycles. The number of aliphatic hydroxyl groups is 1.